The summed E-state index contributed by atoms with van der Waals surface area (Å²) < 4.78 is 0. The number of hydrogen-bond acceptors (Lipinski definition) is 3. The molecule has 1 aromatic carbocycles. The summed E-state index contributed by atoms with van der Waals surface area (Å²) in [5, 5.41) is 6.56. The zero-order valence-corrected chi connectivity index (χ0v) is 7.70. The highest BCUT2D eigenvalue weighted by molar-refractivity contribution is 6.10. The first-order valence-electron chi connectivity index (χ1n) is 4.75. The Bertz CT molecular complexity index is 420. The lowest BCUT2D eigenvalue weighted by Gasteiger charge is -2.08. The number of fused-ring (bicyclic) bond motifs is 3. The molecule has 0 bridgehead atoms. The highest BCUT2D eigenvalue weighted by Gasteiger charge is 2.22. The summed E-state index contributed by atoms with van der Waals surface area (Å²) in [5.74, 6) is 0. The van der Waals surface area contributed by atoms with E-state index >= 15 is 0 Å². The van der Waals surface area contributed by atoms with Gasteiger partial charge in [0.05, 0.1) is 18.4 Å². The van der Waals surface area contributed by atoms with Crippen LogP contribution in [0.15, 0.2) is 41.5 Å². The van der Waals surface area contributed by atoms with Crippen molar-refractivity contribution in [1.82, 2.24) is 5.32 Å². The molecule has 2 heterocycles. The largest absolute Gasteiger partial charge is 0.361 e. The summed E-state index contributed by atoms with van der Waals surface area (Å²) in [7, 11) is 0. The Morgan fingerprint density at radius 2 is 2.21 bits per heavy atom. The van der Waals surface area contributed by atoms with Gasteiger partial charge in [0, 0.05) is 11.3 Å². The van der Waals surface area contributed by atoms with Crippen molar-refractivity contribution in [3.8, 4) is 0 Å². The predicted molar refractivity (Wildman–Crippen MR) is 57.5 cm³/mol. The highest BCUT2D eigenvalue weighted by atomic mass is 15.1. The van der Waals surface area contributed by atoms with Crippen LogP contribution < -0.4 is 10.6 Å². The first-order chi connectivity index (χ1) is 6.95. The molecule has 2 aliphatic heterocycles. The van der Waals surface area contributed by atoms with Gasteiger partial charge in [-0.1, -0.05) is 18.2 Å². The van der Waals surface area contributed by atoms with E-state index in [1.165, 1.54) is 5.56 Å². The molecule has 1 aromatic rings. The van der Waals surface area contributed by atoms with Gasteiger partial charge in [-0.2, -0.15) is 0 Å². The molecule has 0 saturated carbocycles. The fourth-order valence-electron chi connectivity index (χ4n) is 1.90. The van der Waals surface area contributed by atoms with Gasteiger partial charge in [-0.05, 0) is 18.3 Å². The van der Waals surface area contributed by atoms with Crippen molar-refractivity contribution in [2.24, 2.45) is 4.99 Å². The minimum absolute atomic E-state index is 0.270. The van der Waals surface area contributed by atoms with Gasteiger partial charge in [-0.3, -0.25) is 10.3 Å². The van der Waals surface area contributed by atoms with E-state index in [-0.39, 0.29) is 6.04 Å². The number of anilines is 1. The molecule has 70 valence electrons. The van der Waals surface area contributed by atoms with Gasteiger partial charge in [0.2, 0.25) is 0 Å². The standard InChI is InChI=1S/C11H11N3/c1-2-4-9-8(3-1)11-10(5-6-12-9)13-7-14-11/h1-6,10,12-13H,7H2. The molecule has 14 heavy (non-hydrogen) atoms. The second-order valence-electron chi connectivity index (χ2n) is 3.43. The Kier molecular flexibility index (Phi) is 1.64. The maximum atomic E-state index is 4.47. The molecule has 0 spiro atoms. The van der Waals surface area contributed by atoms with E-state index in [1.807, 2.05) is 18.3 Å². The monoisotopic (exact) mass is 185 g/mol. The van der Waals surface area contributed by atoms with Gasteiger partial charge in [-0.25, -0.2) is 0 Å². The molecule has 0 aromatic heterocycles. The number of para-hydroxylation sites is 1. The third-order valence-corrected chi connectivity index (χ3v) is 2.59. The topological polar surface area (TPSA) is 36.4 Å². The minimum atomic E-state index is 0.270. The average Bonchev–Trinajstić information content (AvgIpc) is 2.61. The van der Waals surface area contributed by atoms with Crippen molar-refractivity contribution in [3.05, 3.63) is 42.1 Å². The van der Waals surface area contributed by atoms with E-state index in [4.69, 9.17) is 0 Å². The molecule has 0 saturated heterocycles. The van der Waals surface area contributed by atoms with Crippen LogP contribution in [0.1, 0.15) is 5.56 Å². The van der Waals surface area contributed by atoms with Gasteiger partial charge in [0.25, 0.3) is 0 Å². The average molecular weight is 185 g/mol. The van der Waals surface area contributed by atoms with Crippen molar-refractivity contribution < 1.29 is 0 Å². The fourth-order valence-corrected chi connectivity index (χ4v) is 1.90. The molecule has 3 nitrogen and oxygen atoms in total. The fraction of sp³-hybridized carbons (Fsp3) is 0.182. The number of nitrogens with zero attached hydrogens (tertiary/aromatic N) is 1. The zero-order chi connectivity index (χ0) is 9.38. The molecule has 0 radical (unpaired) electrons. The molecule has 3 heteroatoms. The molecule has 2 aliphatic rings. The summed E-state index contributed by atoms with van der Waals surface area (Å²) in [6.45, 7) is 0.721. The second kappa shape index (κ2) is 2.96. The van der Waals surface area contributed by atoms with E-state index in [0.29, 0.717) is 0 Å². The lowest BCUT2D eigenvalue weighted by Crippen LogP contribution is -2.27. The Balaban J connectivity index is 2.18. The van der Waals surface area contributed by atoms with Crippen molar-refractivity contribution in [2.45, 2.75) is 6.04 Å². The first kappa shape index (κ1) is 7.76. The smallest absolute Gasteiger partial charge is 0.0896 e. The van der Waals surface area contributed by atoms with Crippen molar-refractivity contribution in [1.29, 1.82) is 0 Å². The van der Waals surface area contributed by atoms with Crippen LogP contribution in [0.25, 0.3) is 0 Å². The number of nitrogens with one attached hydrogen (secondary N) is 2. The van der Waals surface area contributed by atoms with Crippen LogP contribution in [0.5, 0.6) is 0 Å². The highest BCUT2D eigenvalue weighted by Crippen LogP contribution is 2.22. The van der Waals surface area contributed by atoms with Gasteiger partial charge in [0.15, 0.2) is 0 Å². The third-order valence-electron chi connectivity index (χ3n) is 2.59. The lowest BCUT2D eigenvalue weighted by atomic mass is 10.0. The van der Waals surface area contributed by atoms with E-state index in [2.05, 4.69) is 33.8 Å². The van der Waals surface area contributed by atoms with Crippen LogP contribution in [0.2, 0.25) is 0 Å². The van der Waals surface area contributed by atoms with E-state index in [9.17, 15) is 0 Å². The van der Waals surface area contributed by atoms with E-state index in [0.717, 1.165) is 18.1 Å². The summed E-state index contributed by atoms with van der Waals surface area (Å²) in [6.07, 6.45) is 4.08. The Morgan fingerprint density at radius 1 is 1.29 bits per heavy atom. The van der Waals surface area contributed by atoms with Crippen molar-refractivity contribution >= 4 is 11.4 Å². The Morgan fingerprint density at radius 3 is 3.21 bits per heavy atom. The third kappa shape index (κ3) is 1.06. The van der Waals surface area contributed by atoms with Gasteiger partial charge >= 0.3 is 0 Å². The van der Waals surface area contributed by atoms with Crippen LogP contribution in [-0.4, -0.2) is 18.4 Å². The number of benzene rings is 1. The molecular formula is C11H11N3. The van der Waals surface area contributed by atoms with Gasteiger partial charge < -0.3 is 5.32 Å². The van der Waals surface area contributed by atoms with E-state index in [1.54, 1.807) is 0 Å². The van der Waals surface area contributed by atoms with Crippen LogP contribution >= 0.6 is 0 Å². The SMILES string of the molecule is C1=CC2NCN=C2c2ccccc2N1. The summed E-state index contributed by atoms with van der Waals surface area (Å²) >= 11 is 0. The summed E-state index contributed by atoms with van der Waals surface area (Å²) in [4.78, 5) is 4.47. The first-order valence-corrected chi connectivity index (χ1v) is 4.75. The maximum Gasteiger partial charge on any atom is 0.0896 e. The second-order valence-corrected chi connectivity index (χ2v) is 3.43. The molecule has 0 fully saturated rings. The Labute approximate surface area is 82.5 Å². The van der Waals surface area contributed by atoms with Crippen LogP contribution in [0.4, 0.5) is 5.69 Å². The Hall–Kier alpha value is -1.61. The number of aliphatic imine (C=N–C) groups is 1. The molecule has 0 aliphatic carbocycles. The van der Waals surface area contributed by atoms with Crippen LogP contribution in [0, 0.1) is 0 Å². The molecule has 0 amide bonds. The van der Waals surface area contributed by atoms with Crippen molar-refractivity contribution in [3.63, 3.8) is 0 Å². The summed E-state index contributed by atoms with van der Waals surface area (Å²) in [5.41, 5.74) is 3.48. The zero-order valence-electron chi connectivity index (χ0n) is 7.70. The molecule has 1 atom stereocenters. The van der Waals surface area contributed by atoms with Crippen molar-refractivity contribution in [2.75, 3.05) is 12.0 Å². The molecular weight excluding hydrogens is 174 g/mol. The quantitative estimate of drug-likeness (QED) is 0.640. The maximum absolute atomic E-state index is 4.47. The molecule has 3 rings (SSSR count). The minimum Gasteiger partial charge on any atom is -0.361 e. The van der Waals surface area contributed by atoms with Gasteiger partial charge in [0.1, 0.15) is 0 Å². The number of hydrogen-bond donors (Lipinski definition) is 2. The molecule has 2 N–H and O–H groups in total. The normalized spacial score (nSPS) is 23.1. The summed E-state index contributed by atoms with van der Waals surface area (Å²) in [6, 6.07) is 8.52. The van der Waals surface area contributed by atoms with Gasteiger partial charge in [-0.15, -0.1) is 0 Å². The molecule has 1 unspecified atom stereocenters. The predicted octanol–water partition coefficient (Wildman–Crippen LogP) is 1.34. The van der Waals surface area contributed by atoms with Crippen LogP contribution in [0.3, 0.4) is 0 Å². The lowest BCUT2D eigenvalue weighted by molar-refractivity contribution is 0.771. The van der Waals surface area contributed by atoms with Crippen LogP contribution in [-0.2, 0) is 0 Å². The van der Waals surface area contributed by atoms with E-state index < -0.39 is 0 Å². The number of rotatable bonds is 0.